The summed E-state index contributed by atoms with van der Waals surface area (Å²) in [6, 6.07) is 1.78. The van der Waals surface area contributed by atoms with Crippen molar-refractivity contribution in [2.24, 2.45) is 0 Å². The van der Waals surface area contributed by atoms with E-state index in [0.717, 1.165) is 12.2 Å². The first-order valence-corrected chi connectivity index (χ1v) is 6.24. The molecule has 0 saturated carbocycles. The first kappa shape index (κ1) is 18.6. The van der Waals surface area contributed by atoms with Crippen LogP contribution in [0.4, 0.5) is 0 Å². The van der Waals surface area contributed by atoms with Crippen molar-refractivity contribution < 1.29 is 9.53 Å². The summed E-state index contributed by atoms with van der Waals surface area (Å²) in [5, 5.41) is 5.82. The van der Waals surface area contributed by atoms with E-state index in [1.165, 1.54) is 0 Å². The smallest absolute Gasteiger partial charge is 0.261 e. The maximum absolute atomic E-state index is 11.9. The fraction of sp³-hybridized carbons (Fsp3) is 0.538. The summed E-state index contributed by atoms with van der Waals surface area (Å²) < 4.78 is 4.89. The number of aryl methyl sites for hydroxylation is 2. The lowest BCUT2D eigenvalue weighted by Gasteiger charge is -2.08. The molecule has 7 heteroatoms. The summed E-state index contributed by atoms with van der Waals surface area (Å²) in [4.78, 5) is 26.3. The van der Waals surface area contributed by atoms with Crippen LogP contribution in [0.3, 0.4) is 0 Å². The number of halogens is 1. The summed E-state index contributed by atoms with van der Waals surface area (Å²) >= 11 is 0. The van der Waals surface area contributed by atoms with Gasteiger partial charge in [0.15, 0.2) is 0 Å². The number of ether oxygens (including phenoxy) is 1. The molecule has 20 heavy (non-hydrogen) atoms. The van der Waals surface area contributed by atoms with Gasteiger partial charge in [-0.15, -0.1) is 12.4 Å². The molecule has 0 bridgehead atoms. The van der Waals surface area contributed by atoms with Gasteiger partial charge in [-0.05, 0) is 25.5 Å². The maximum Gasteiger partial charge on any atom is 0.261 e. The van der Waals surface area contributed by atoms with Crippen LogP contribution in [-0.2, 0) is 4.74 Å². The van der Waals surface area contributed by atoms with Gasteiger partial charge in [-0.3, -0.25) is 9.59 Å². The van der Waals surface area contributed by atoms with Gasteiger partial charge in [0, 0.05) is 32.4 Å². The second kappa shape index (κ2) is 9.52. The molecule has 1 aromatic heterocycles. The van der Waals surface area contributed by atoms with Gasteiger partial charge in [-0.25, -0.2) is 0 Å². The monoisotopic (exact) mass is 303 g/mol. The highest BCUT2D eigenvalue weighted by Gasteiger charge is 2.13. The number of aromatic nitrogens is 1. The minimum absolute atomic E-state index is 0. The number of nitrogens with one attached hydrogen (secondary N) is 3. The van der Waals surface area contributed by atoms with Crippen molar-refractivity contribution >= 4 is 18.3 Å². The molecule has 0 aliphatic rings. The van der Waals surface area contributed by atoms with Gasteiger partial charge < -0.3 is 20.4 Å². The molecule has 0 aliphatic heterocycles. The second-order valence-electron chi connectivity index (χ2n) is 4.34. The van der Waals surface area contributed by atoms with E-state index in [4.69, 9.17) is 4.74 Å². The fourth-order valence-corrected chi connectivity index (χ4v) is 1.79. The van der Waals surface area contributed by atoms with E-state index in [2.05, 4.69) is 15.6 Å². The van der Waals surface area contributed by atoms with Gasteiger partial charge in [-0.2, -0.15) is 0 Å². The molecule has 0 atom stereocenters. The quantitative estimate of drug-likeness (QED) is 0.636. The number of pyridine rings is 1. The minimum atomic E-state index is -0.345. The first-order chi connectivity index (χ1) is 9.06. The molecule has 1 amide bonds. The number of aromatic amines is 1. The predicted octanol–water partition coefficient (Wildman–Crippen LogP) is 0.379. The SMILES string of the molecule is COCCNCCNC(=O)c1c(C)cc(C)[nH]c1=O.Cl. The number of rotatable bonds is 7. The van der Waals surface area contributed by atoms with E-state index in [1.807, 2.05) is 0 Å². The number of hydrogen-bond donors (Lipinski definition) is 3. The van der Waals surface area contributed by atoms with E-state index in [1.54, 1.807) is 27.0 Å². The van der Waals surface area contributed by atoms with Crippen LogP contribution in [-0.4, -0.2) is 44.2 Å². The van der Waals surface area contributed by atoms with Crippen molar-refractivity contribution in [1.29, 1.82) is 0 Å². The molecule has 0 saturated heterocycles. The van der Waals surface area contributed by atoms with Gasteiger partial charge in [0.1, 0.15) is 5.56 Å². The Kier molecular flexibility index (Phi) is 8.87. The van der Waals surface area contributed by atoms with Crippen molar-refractivity contribution in [2.45, 2.75) is 13.8 Å². The topological polar surface area (TPSA) is 83.2 Å². The molecule has 1 rings (SSSR count). The molecular formula is C13H22ClN3O3. The van der Waals surface area contributed by atoms with Crippen LogP contribution in [0, 0.1) is 13.8 Å². The highest BCUT2D eigenvalue weighted by molar-refractivity contribution is 5.95. The average Bonchev–Trinajstić information content (AvgIpc) is 2.32. The van der Waals surface area contributed by atoms with Gasteiger partial charge in [0.25, 0.3) is 11.5 Å². The van der Waals surface area contributed by atoms with E-state index < -0.39 is 0 Å². The Bertz CT molecular complexity index is 488. The zero-order valence-electron chi connectivity index (χ0n) is 12.0. The van der Waals surface area contributed by atoms with Crippen molar-refractivity contribution in [2.75, 3.05) is 33.4 Å². The number of amides is 1. The summed E-state index contributed by atoms with van der Waals surface area (Å²) in [7, 11) is 1.63. The molecule has 1 aromatic rings. The zero-order chi connectivity index (χ0) is 14.3. The molecule has 1 heterocycles. The van der Waals surface area contributed by atoms with Crippen LogP contribution in [0.25, 0.3) is 0 Å². The number of methoxy groups -OCH3 is 1. The van der Waals surface area contributed by atoms with Crippen LogP contribution in [0.2, 0.25) is 0 Å². The number of H-pyrrole nitrogens is 1. The molecule has 0 aromatic carbocycles. The van der Waals surface area contributed by atoms with E-state index in [-0.39, 0.29) is 29.4 Å². The summed E-state index contributed by atoms with van der Waals surface area (Å²) in [5.74, 6) is -0.340. The van der Waals surface area contributed by atoms with Crippen molar-refractivity contribution in [3.05, 3.63) is 33.2 Å². The van der Waals surface area contributed by atoms with Gasteiger partial charge >= 0.3 is 0 Å². The molecule has 0 unspecified atom stereocenters. The second-order valence-corrected chi connectivity index (χ2v) is 4.34. The van der Waals surface area contributed by atoms with Gasteiger partial charge in [0.05, 0.1) is 6.61 Å². The van der Waals surface area contributed by atoms with E-state index in [9.17, 15) is 9.59 Å². The van der Waals surface area contributed by atoms with Crippen molar-refractivity contribution in [3.8, 4) is 0 Å². The Morgan fingerprint density at radius 2 is 2.00 bits per heavy atom. The zero-order valence-corrected chi connectivity index (χ0v) is 12.9. The maximum atomic E-state index is 11.9. The van der Waals surface area contributed by atoms with Gasteiger partial charge in [0.2, 0.25) is 0 Å². The van der Waals surface area contributed by atoms with Crippen LogP contribution in [0.15, 0.2) is 10.9 Å². The van der Waals surface area contributed by atoms with Crippen molar-refractivity contribution in [1.82, 2.24) is 15.6 Å². The fourth-order valence-electron chi connectivity index (χ4n) is 1.79. The van der Waals surface area contributed by atoms with Crippen molar-refractivity contribution in [3.63, 3.8) is 0 Å². The summed E-state index contributed by atoms with van der Waals surface area (Å²) in [6.45, 7) is 6.01. The number of carbonyl (C=O) groups excluding carboxylic acids is 1. The average molecular weight is 304 g/mol. The highest BCUT2D eigenvalue weighted by Crippen LogP contribution is 2.02. The van der Waals surface area contributed by atoms with Crippen LogP contribution in [0.1, 0.15) is 21.6 Å². The number of hydrogen-bond acceptors (Lipinski definition) is 4. The molecular weight excluding hydrogens is 282 g/mol. The molecule has 0 radical (unpaired) electrons. The lowest BCUT2D eigenvalue weighted by atomic mass is 10.1. The first-order valence-electron chi connectivity index (χ1n) is 6.24. The molecule has 6 nitrogen and oxygen atoms in total. The lowest BCUT2D eigenvalue weighted by molar-refractivity contribution is 0.0951. The van der Waals surface area contributed by atoms with Crippen LogP contribution in [0.5, 0.6) is 0 Å². The predicted molar refractivity (Wildman–Crippen MR) is 80.9 cm³/mol. The molecule has 114 valence electrons. The molecule has 0 spiro atoms. The molecule has 0 aliphatic carbocycles. The Labute approximate surface area is 124 Å². The minimum Gasteiger partial charge on any atom is -0.383 e. The Morgan fingerprint density at radius 3 is 2.60 bits per heavy atom. The third-order valence-electron chi connectivity index (χ3n) is 2.66. The highest BCUT2D eigenvalue weighted by atomic mass is 35.5. The standard InChI is InChI=1S/C13H21N3O3.ClH/c1-9-8-10(2)16-13(18)11(9)12(17)15-5-4-14-6-7-19-3;/h8,14H,4-7H2,1-3H3,(H,15,17)(H,16,18);1H. The summed E-state index contributed by atoms with van der Waals surface area (Å²) in [6.07, 6.45) is 0. The Balaban J connectivity index is 0.00000361. The van der Waals surface area contributed by atoms with Crippen LogP contribution >= 0.6 is 12.4 Å². The van der Waals surface area contributed by atoms with E-state index >= 15 is 0 Å². The third kappa shape index (κ3) is 5.73. The van der Waals surface area contributed by atoms with Gasteiger partial charge in [-0.1, -0.05) is 0 Å². The Hall–Kier alpha value is -1.37. The largest absolute Gasteiger partial charge is 0.383 e. The lowest BCUT2D eigenvalue weighted by Crippen LogP contribution is -2.36. The summed E-state index contributed by atoms with van der Waals surface area (Å²) in [5.41, 5.74) is 1.27. The van der Waals surface area contributed by atoms with Crippen LogP contribution < -0.4 is 16.2 Å². The third-order valence-corrected chi connectivity index (χ3v) is 2.66. The Morgan fingerprint density at radius 1 is 1.30 bits per heavy atom. The molecule has 0 fully saturated rings. The van der Waals surface area contributed by atoms with E-state index in [0.29, 0.717) is 25.3 Å². The molecule has 3 N–H and O–H groups in total. The number of carbonyl (C=O) groups is 1. The normalized spacial score (nSPS) is 9.95.